The summed E-state index contributed by atoms with van der Waals surface area (Å²) in [5.74, 6) is -1.11. The van der Waals surface area contributed by atoms with Crippen molar-refractivity contribution in [3.63, 3.8) is 0 Å². The Hall–Kier alpha value is -1.78. The van der Waals surface area contributed by atoms with Gasteiger partial charge >= 0.3 is 5.97 Å². The Morgan fingerprint density at radius 1 is 1.17 bits per heavy atom. The molecule has 0 aliphatic rings. The van der Waals surface area contributed by atoms with Crippen LogP contribution in [0.5, 0.6) is 0 Å². The minimum Gasteiger partial charge on any atom is -0.478 e. The number of halogens is 2. The number of hydrogen-bond donors (Lipinski definition) is 2. The molecule has 1 aromatic heterocycles. The van der Waals surface area contributed by atoms with Crippen molar-refractivity contribution >= 4 is 34.9 Å². The Bertz CT molecular complexity index is 609. The van der Waals surface area contributed by atoms with E-state index in [1.54, 1.807) is 18.2 Å². The molecule has 2 aromatic rings. The highest BCUT2D eigenvalue weighted by Crippen LogP contribution is 2.27. The predicted octanol–water partition coefficient (Wildman–Crippen LogP) is 3.34. The third kappa shape index (κ3) is 2.55. The zero-order chi connectivity index (χ0) is 13.3. The van der Waals surface area contributed by atoms with Crippen molar-refractivity contribution in [1.29, 1.82) is 0 Å². The van der Waals surface area contributed by atoms with E-state index in [4.69, 9.17) is 34.0 Å². The number of aromatic nitrogens is 1. The molecule has 0 radical (unpaired) electrons. The number of nitrogen functional groups attached to an aromatic ring is 1. The average Bonchev–Trinajstić information content (AvgIpc) is 2.27. The van der Waals surface area contributed by atoms with Crippen molar-refractivity contribution in [2.75, 3.05) is 5.73 Å². The molecule has 0 spiro atoms. The van der Waals surface area contributed by atoms with Crippen LogP contribution in [0.15, 0.2) is 30.5 Å². The van der Waals surface area contributed by atoms with Gasteiger partial charge in [0.05, 0.1) is 23.1 Å². The zero-order valence-electron chi connectivity index (χ0n) is 9.02. The normalized spacial score (nSPS) is 10.3. The maximum absolute atomic E-state index is 11.0. The van der Waals surface area contributed by atoms with Crippen molar-refractivity contribution in [3.05, 3.63) is 46.1 Å². The molecule has 0 unspecified atom stereocenters. The highest BCUT2D eigenvalue weighted by Gasteiger charge is 2.11. The Balaban J connectivity index is 2.57. The second-order valence-electron chi connectivity index (χ2n) is 3.62. The summed E-state index contributed by atoms with van der Waals surface area (Å²) in [6, 6.07) is 6.27. The van der Waals surface area contributed by atoms with Gasteiger partial charge in [-0.3, -0.25) is 4.98 Å². The lowest BCUT2D eigenvalue weighted by molar-refractivity contribution is 0.0698. The molecule has 2 rings (SSSR count). The van der Waals surface area contributed by atoms with Gasteiger partial charge in [0.25, 0.3) is 0 Å². The van der Waals surface area contributed by atoms with Crippen molar-refractivity contribution < 1.29 is 9.90 Å². The SMILES string of the molecule is Nc1cnc(-c2cc(Cl)cc(Cl)c2)cc1C(=O)O. The minimum atomic E-state index is -1.11. The van der Waals surface area contributed by atoms with E-state index in [-0.39, 0.29) is 11.3 Å². The Morgan fingerprint density at radius 3 is 2.33 bits per heavy atom. The first-order valence-corrected chi connectivity index (χ1v) is 5.68. The van der Waals surface area contributed by atoms with Crippen LogP contribution in [0.4, 0.5) is 5.69 Å². The van der Waals surface area contributed by atoms with E-state index in [2.05, 4.69) is 4.98 Å². The number of carboxylic acid groups (broad SMARTS) is 1. The summed E-state index contributed by atoms with van der Waals surface area (Å²) >= 11 is 11.8. The van der Waals surface area contributed by atoms with Gasteiger partial charge in [-0.1, -0.05) is 23.2 Å². The molecule has 3 N–H and O–H groups in total. The summed E-state index contributed by atoms with van der Waals surface area (Å²) in [6.07, 6.45) is 1.30. The lowest BCUT2D eigenvalue weighted by Gasteiger charge is -2.06. The third-order valence-electron chi connectivity index (χ3n) is 2.32. The van der Waals surface area contributed by atoms with Crippen molar-refractivity contribution in [2.45, 2.75) is 0 Å². The standard InChI is InChI=1S/C12H8Cl2N2O2/c13-7-1-6(2-8(14)3-7)11-4-9(12(17)18)10(15)5-16-11/h1-5H,15H2,(H,17,18). The minimum absolute atomic E-state index is 0.00361. The average molecular weight is 283 g/mol. The zero-order valence-corrected chi connectivity index (χ0v) is 10.5. The summed E-state index contributed by atoms with van der Waals surface area (Å²) in [5.41, 5.74) is 6.72. The smallest absolute Gasteiger partial charge is 0.337 e. The van der Waals surface area contributed by atoms with E-state index < -0.39 is 5.97 Å². The summed E-state index contributed by atoms with van der Waals surface area (Å²) in [4.78, 5) is 15.0. The second kappa shape index (κ2) is 4.84. The van der Waals surface area contributed by atoms with Gasteiger partial charge in [-0.05, 0) is 24.3 Å². The quantitative estimate of drug-likeness (QED) is 0.886. The summed E-state index contributed by atoms with van der Waals surface area (Å²) in [5, 5.41) is 9.89. The number of benzene rings is 1. The Labute approximate surface area is 113 Å². The molecule has 92 valence electrons. The van der Waals surface area contributed by atoms with E-state index in [9.17, 15) is 4.79 Å². The number of aromatic carboxylic acids is 1. The van der Waals surface area contributed by atoms with Crippen LogP contribution < -0.4 is 5.73 Å². The van der Waals surface area contributed by atoms with Crippen LogP contribution in [0.2, 0.25) is 10.0 Å². The number of rotatable bonds is 2. The summed E-state index contributed by atoms with van der Waals surface area (Å²) in [6.45, 7) is 0. The molecule has 0 amide bonds. The number of anilines is 1. The van der Waals surface area contributed by atoms with E-state index in [0.29, 0.717) is 21.3 Å². The third-order valence-corrected chi connectivity index (χ3v) is 2.76. The molecule has 0 atom stereocenters. The van der Waals surface area contributed by atoms with Crippen LogP contribution in [0.1, 0.15) is 10.4 Å². The van der Waals surface area contributed by atoms with Crippen LogP contribution >= 0.6 is 23.2 Å². The van der Waals surface area contributed by atoms with Gasteiger partial charge in [0.2, 0.25) is 0 Å². The molecule has 0 saturated carbocycles. The fourth-order valence-corrected chi connectivity index (χ4v) is 2.04. The molecular formula is C12H8Cl2N2O2. The number of nitrogens with two attached hydrogens (primary N) is 1. The first-order valence-electron chi connectivity index (χ1n) is 4.92. The van der Waals surface area contributed by atoms with Gasteiger partial charge in [0, 0.05) is 15.6 Å². The van der Waals surface area contributed by atoms with Crippen LogP contribution in [0.25, 0.3) is 11.3 Å². The summed E-state index contributed by atoms with van der Waals surface area (Å²) < 4.78 is 0. The van der Waals surface area contributed by atoms with Crippen LogP contribution in [-0.4, -0.2) is 16.1 Å². The van der Waals surface area contributed by atoms with Crippen molar-refractivity contribution in [3.8, 4) is 11.3 Å². The summed E-state index contributed by atoms with van der Waals surface area (Å²) in [7, 11) is 0. The van der Waals surface area contributed by atoms with Gasteiger partial charge in [0.15, 0.2) is 0 Å². The number of carbonyl (C=O) groups is 1. The van der Waals surface area contributed by atoms with Gasteiger partial charge in [-0.25, -0.2) is 4.79 Å². The van der Waals surface area contributed by atoms with Gasteiger partial charge < -0.3 is 10.8 Å². The first kappa shape index (κ1) is 12.7. The van der Waals surface area contributed by atoms with E-state index >= 15 is 0 Å². The molecule has 0 aliphatic carbocycles. The highest BCUT2D eigenvalue weighted by atomic mass is 35.5. The fourth-order valence-electron chi connectivity index (χ4n) is 1.51. The molecule has 6 heteroatoms. The Kier molecular flexibility index (Phi) is 3.41. The Morgan fingerprint density at radius 2 is 1.78 bits per heavy atom. The van der Waals surface area contributed by atoms with Crippen molar-refractivity contribution in [2.24, 2.45) is 0 Å². The molecule has 0 aliphatic heterocycles. The molecule has 1 heterocycles. The predicted molar refractivity (Wildman–Crippen MR) is 71.1 cm³/mol. The maximum Gasteiger partial charge on any atom is 0.337 e. The number of hydrogen-bond acceptors (Lipinski definition) is 3. The van der Waals surface area contributed by atoms with E-state index in [0.717, 1.165) is 0 Å². The second-order valence-corrected chi connectivity index (χ2v) is 4.49. The van der Waals surface area contributed by atoms with E-state index in [1.807, 2.05) is 0 Å². The highest BCUT2D eigenvalue weighted by molar-refractivity contribution is 6.35. The molecule has 0 saturated heterocycles. The van der Waals surface area contributed by atoms with Crippen LogP contribution in [0.3, 0.4) is 0 Å². The molecular weight excluding hydrogens is 275 g/mol. The lowest BCUT2D eigenvalue weighted by Crippen LogP contribution is -2.03. The molecule has 18 heavy (non-hydrogen) atoms. The van der Waals surface area contributed by atoms with Gasteiger partial charge in [-0.15, -0.1) is 0 Å². The molecule has 1 aromatic carbocycles. The van der Waals surface area contributed by atoms with Gasteiger partial charge in [-0.2, -0.15) is 0 Å². The van der Waals surface area contributed by atoms with Crippen LogP contribution in [-0.2, 0) is 0 Å². The molecule has 0 fully saturated rings. The molecule has 0 bridgehead atoms. The largest absolute Gasteiger partial charge is 0.478 e. The first-order chi connectivity index (χ1) is 8.47. The van der Waals surface area contributed by atoms with Crippen LogP contribution in [0, 0.1) is 0 Å². The van der Waals surface area contributed by atoms with E-state index in [1.165, 1.54) is 12.3 Å². The van der Waals surface area contributed by atoms with Crippen molar-refractivity contribution in [1.82, 2.24) is 4.98 Å². The molecule has 4 nitrogen and oxygen atoms in total. The van der Waals surface area contributed by atoms with Gasteiger partial charge in [0.1, 0.15) is 0 Å². The topological polar surface area (TPSA) is 76.2 Å². The number of pyridine rings is 1. The monoisotopic (exact) mass is 282 g/mol. The number of nitrogens with zero attached hydrogens (tertiary/aromatic N) is 1. The maximum atomic E-state index is 11.0. The number of carboxylic acids is 1. The lowest BCUT2D eigenvalue weighted by atomic mass is 10.1. The fraction of sp³-hybridized carbons (Fsp3) is 0.